The summed E-state index contributed by atoms with van der Waals surface area (Å²) in [7, 11) is 0. The Hall–Kier alpha value is -1.35. The van der Waals surface area contributed by atoms with Crippen molar-refractivity contribution < 1.29 is 23.5 Å². The van der Waals surface area contributed by atoms with Crippen molar-refractivity contribution in [3.05, 3.63) is 38.3 Å². The minimum absolute atomic E-state index is 0.114. The summed E-state index contributed by atoms with van der Waals surface area (Å²) >= 11 is 7.67. The Morgan fingerprint density at radius 3 is 2.43 bits per heavy atom. The second-order valence-electron chi connectivity index (χ2n) is 4.63. The lowest BCUT2D eigenvalue weighted by atomic mass is 10.2. The van der Waals surface area contributed by atoms with E-state index in [9.17, 15) is 14.0 Å². The molecule has 1 aromatic rings. The Kier molecular flexibility index (Phi) is 4.43. The van der Waals surface area contributed by atoms with E-state index >= 15 is 0 Å². The third-order valence-corrected chi connectivity index (χ3v) is 3.64. The monoisotopic (exact) mass is 425 g/mol. The Balaban J connectivity index is 2.24. The average Bonchev–Trinajstić information content (AvgIpc) is 2.32. The zero-order chi connectivity index (χ0) is 15.8. The number of nitrogens with one attached hydrogen (secondary N) is 1. The topological polar surface area (TPSA) is 64.6 Å². The van der Waals surface area contributed by atoms with Gasteiger partial charge in [0.05, 0.1) is 14.3 Å². The fourth-order valence-electron chi connectivity index (χ4n) is 1.56. The molecule has 0 spiro atoms. The van der Waals surface area contributed by atoms with Gasteiger partial charge in [-0.1, -0.05) is 11.6 Å². The summed E-state index contributed by atoms with van der Waals surface area (Å²) in [6.07, 6.45) is 1.12. The summed E-state index contributed by atoms with van der Waals surface area (Å²) < 4.78 is 23.5. The number of carbonyl (C=O) groups is 2. The summed E-state index contributed by atoms with van der Waals surface area (Å²) in [5.41, 5.74) is 0.0464. The van der Waals surface area contributed by atoms with Gasteiger partial charge >= 0.3 is 11.9 Å². The van der Waals surface area contributed by atoms with Crippen LogP contribution in [0.4, 0.5) is 10.1 Å². The van der Waals surface area contributed by atoms with Crippen LogP contribution in [0.1, 0.15) is 13.8 Å². The summed E-state index contributed by atoms with van der Waals surface area (Å²) in [6.45, 7) is 2.90. The van der Waals surface area contributed by atoms with Crippen LogP contribution in [0.2, 0.25) is 5.02 Å². The number of ether oxygens (including phenoxy) is 2. The summed E-state index contributed by atoms with van der Waals surface area (Å²) in [5.74, 6) is -3.38. The van der Waals surface area contributed by atoms with Gasteiger partial charge in [-0.25, -0.2) is 14.0 Å². The quantitative estimate of drug-likeness (QED) is 0.259. The van der Waals surface area contributed by atoms with Gasteiger partial charge in [0.2, 0.25) is 0 Å². The molecule has 2 rings (SSSR count). The number of hydrogen-bond donors (Lipinski definition) is 1. The van der Waals surface area contributed by atoms with Crippen molar-refractivity contribution in [1.29, 1.82) is 0 Å². The van der Waals surface area contributed by atoms with Crippen LogP contribution < -0.4 is 5.32 Å². The number of carbonyl (C=O) groups excluding carboxylic acids is 2. The third-order valence-electron chi connectivity index (χ3n) is 2.50. The maximum atomic E-state index is 13.3. The van der Waals surface area contributed by atoms with Gasteiger partial charge in [-0.2, -0.15) is 0 Å². The van der Waals surface area contributed by atoms with Gasteiger partial charge in [-0.15, -0.1) is 0 Å². The van der Waals surface area contributed by atoms with Crippen molar-refractivity contribution in [1.82, 2.24) is 0 Å². The number of anilines is 1. The molecule has 0 unspecified atom stereocenters. The highest BCUT2D eigenvalue weighted by Crippen LogP contribution is 2.27. The molecule has 8 heteroatoms. The average molecular weight is 426 g/mol. The highest BCUT2D eigenvalue weighted by Gasteiger charge is 2.38. The van der Waals surface area contributed by atoms with Crippen molar-refractivity contribution in [2.45, 2.75) is 19.6 Å². The van der Waals surface area contributed by atoms with Crippen molar-refractivity contribution in [2.24, 2.45) is 0 Å². The Morgan fingerprint density at radius 1 is 1.29 bits per heavy atom. The largest absolute Gasteiger partial charge is 0.419 e. The van der Waals surface area contributed by atoms with E-state index in [2.05, 4.69) is 5.32 Å². The predicted molar refractivity (Wildman–Crippen MR) is 82.1 cm³/mol. The van der Waals surface area contributed by atoms with Crippen LogP contribution >= 0.6 is 34.2 Å². The van der Waals surface area contributed by atoms with Crippen LogP contribution in [0.15, 0.2) is 23.9 Å². The van der Waals surface area contributed by atoms with Gasteiger partial charge in [0.25, 0.3) is 5.79 Å². The number of esters is 2. The van der Waals surface area contributed by atoms with Crippen molar-refractivity contribution in [3.8, 4) is 0 Å². The van der Waals surface area contributed by atoms with Gasteiger partial charge in [0.15, 0.2) is 5.57 Å². The minimum atomic E-state index is -1.30. The zero-order valence-electron chi connectivity index (χ0n) is 11.0. The highest BCUT2D eigenvalue weighted by molar-refractivity contribution is 14.1. The maximum Gasteiger partial charge on any atom is 0.350 e. The molecule has 0 aliphatic carbocycles. The van der Waals surface area contributed by atoms with Crippen molar-refractivity contribution in [3.63, 3.8) is 0 Å². The molecule has 1 aromatic carbocycles. The van der Waals surface area contributed by atoms with Gasteiger partial charge in [-0.05, 0) is 34.7 Å². The van der Waals surface area contributed by atoms with E-state index in [4.69, 9.17) is 21.1 Å². The molecular formula is C13H10ClFINO4. The molecule has 1 N–H and O–H groups in total. The van der Waals surface area contributed by atoms with Gasteiger partial charge in [0, 0.05) is 20.0 Å². The highest BCUT2D eigenvalue weighted by atomic mass is 127. The molecule has 112 valence electrons. The molecule has 1 fully saturated rings. The lowest BCUT2D eigenvalue weighted by molar-refractivity contribution is -0.222. The standard InChI is InChI=1S/C13H10ClFINO4/c1-13(2)20-11(18)6(12(19)21-13)5-17-10-4-9(16)8(15)3-7(10)14/h3-5,17H,1-2H3. The van der Waals surface area contributed by atoms with Gasteiger partial charge < -0.3 is 14.8 Å². The van der Waals surface area contributed by atoms with Crippen LogP contribution in [0.25, 0.3) is 0 Å². The third kappa shape index (κ3) is 3.65. The first-order chi connectivity index (χ1) is 9.69. The fraction of sp³-hybridized carbons (Fsp3) is 0.231. The van der Waals surface area contributed by atoms with Crippen LogP contribution in [-0.2, 0) is 19.1 Å². The second kappa shape index (κ2) is 5.80. The smallest absolute Gasteiger partial charge is 0.350 e. The molecule has 0 bridgehead atoms. The van der Waals surface area contributed by atoms with E-state index in [1.165, 1.54) is 19.9 Å². The first-order valence-corrected chi connectivity index (χ1v) is 7.23. The lowest BCUT2D eigenvalue weighted by Crippen LogP contribution is -2.42. The molecule has 1 aliphatic rings. The van der Waals surface area contributed by atoms with E-state index < -0.39 is 23.5 Å². The van der Waals surface area contributed by atoms with Gasteiger partial charge in [-0.3, -0.25) is 0 Å². The number of halogens is 3. The lowest BCUT2D eigenvalue weighted by Gasteiger charge is -2.29. The molecule has 0 amide bonds. The van der Waals surface area contributed by atoms with E-state index in [1.807, 2.05) is 0 Å². The first kappa shape index (κ1) is 16.0. The number of benzene rings is 1. The Bertz CT molecular complexity index is 638. The molecular weight excluding hydrogens is 416 g/mol. The van der Waals surface area contributed by atoms with Crippen molar-refractivity contribution in [2.75, 3.05) is 5.32 Å². The summed E-state index contributed by atoms with van der Waals surface area (Å²) in [5, 5.41) is 2.79. The molecule has 1 saturated heterocycles. The molecule has 5 nitrogen and oxygen atoms in total. The molecule has 0 atom stereocenters. The summed E-state index contributed by atoms with van der Waals surface area (Å²) in [6, 6.07) is 2.57. The van der Waals surface area contributed by atoms with Crippen LogP contribution in [0, 0.1) is 9.39 Å². The zero-order valence-corrected chi connectivity index (χ0v) is 13.9. The van der Waals surface area contributed by atoms with Crippen LogP contribution in [0.5, 0.6) is 0 Å². The first-order valence-electron chi connectivity index (χ1n) is 5.77. The summed E-state index contributed by atoms with van der Waals surface area (Å²) in [4.78, 5) is 23.4. The van der Waals surface area contributed by atoms with Crippen LogP contribution in [0.3, 0.4) is 0 Å². The van der Waals surface area contributed by atoms with E-state index in [0.717, 1.165) is 12.3 Å². The number of cyclic esters (lactones) is 2. The molecule has 0 radical (unpaired) electrons. The molecule has 0 saturated carbocycles. The van der Waals surface area contributed by atoms with E-state index in [-0.39, 0.29) is 10.6 Å². The number of hydrogen-bond acceptors (Lipinski definition) is 5. The molecule has 1 heterocycles. The predicted octanol–water partition coefficient (Wildman–Crippen LogP) is 3.22. The number of rotatable bonds is 2. The molecule has 1 aliphatic heterocycles. The molecule has 0 aromatic heterocycles. The van der Waals surface area contributed by atoms with E-state index in [1.54, 1.807) is 22.6 Å². The SMILES string of the molecule is CC1(C)OC(=O)C(=CNc2cc(I)c(F)cc2Cl)C(=O)O1. The second-order valence-corrected chi connectivity index (χ2v) is 6.20. The molecule has 21 heavy (non-hydrogen) atoms. The maximum absolute atomic E-state index is 13.3. The Morgan fingerprint density at radius 2 is 1.86 bits per heavy atom. The minimum Gasteiger partial charge on any atom is -0.419 e. The fourth-order valence-corrected chi connectivity index (χ4v) is 2.23. The van der Waals surface area contributed by atoms with Gasteiger partial charge in [0.1, 0.15) is 5.82 Å². The van der Waals surface area contributed by atoms with E-state index in [0.29, 0.717) is 9.26 Å². The van der Waals surface area contributed by atoms with Crippen LogP contribution in [-0.4, -0.2) is 17.7 Å². The van der Waals surface area contributed by atoms with Crippen molar-refractivity contribution >= 4 is 51.8 Å². The Labute approximate surface area is 138 Å². The normalized spacial score (nSPS) is 17.1.